The van der Waals surface area contributed by atoms with Gasteiger partial charge in [0.05, 0.1) is 7.11 Å². The third kappa shape index (κ3) is 4.18. The molecule has 4 heteroatoms. The SMILES string of the molecule is COC(=O)OCCSc1ccccc1. The molecule has 3 nitrogen and oxygen atoms in total. The summed E-state index contributed by atoms with van der Waals surface area (Å²) in [6, 6.07) is 9.95. The molecule has 0 aromatic heterocycles. The molecule has 0 aliphatic carbocycles. The van der Waals surface area contributed by atoms with Crippen molar-refractivity contribution in [2.24, 2.45) is 0 Å². The summed E-state index contributed by atoms with van der Waals surface area (Å²) in [5.41, 5.74) is 0. The van der Waals surface area contributed by atoms with Crippen molar-refractivity contribution in [2.45, 2.75) is 4.90 Å². The molecular weight excluding hydrogens is 200 g/mol. The van der Waals surface area contributed by atoms with Crippen molar-refractivity contribution in [3.8, 4) is 0 Å². The third-order valence-electron chi connectivity index (χ3n) is 1.48. The maximum absolute atomic E-state index is 10.6. The van der Waals surface area contributed by atoms with Gasteiger partial charge in [-0.05, 0) is 12.1 Å². The standard InChI is InChI=1S/C10H12O3S/c1-12-10(11)13-7-8-14-9-5-3-2-4-6-9/h2-6H,7-8H2,1H3. The molecule has 0 saturated carbocycles. The summed E-state index contributed by atoms with van der Waals surface area (Å²) in [4.78, 5) is 11.7. The van der Waals surface area contributed by atoms with Gasteiger partial charge in [0.1, 0.15) is 6.61 Å². The van der Waals surface area contributed by atoms with Crippen LogP contribution in [-0.4, -0.2) is 25.6 Å². The van der Waals surface area contributed by atoms with E-state index in [-0.39, 0.29) is 0 Å². The topological polar surface area (TPSA) is 35.5 Å². The van der Waals surface area contributed by atoms with E-state index in [1.54, 1.807) is 11.8 Å². The van der Waals surface area contributed by atoms with Gasteiger partial charge in [-0.3, -0.25) is 0 Å². The minimum Gasteiger partial charge on any atom is -0.438 e. The van der Waals surface area contributed by atoms with Crippen LogP contribution in [0.3, 0.4) is 0 Å². The van der Waals surface area contributed by atoms with E-state index in [0.717, 1.165) is 5.75 Å². The van der Waals surface area contributed by atoms with Gasteiger partial charge in [0.15, 0.2) is 0 Å². The Kier molecular flexibility index (Phi) is 4.93. The first-order valence-electron chi connectivity index (χ1n) is 4.21. The van der Waals surface area contributed by atoms with Crippen LogP contribution >= 0.6 is 11.8 Å². The van der Waals surface area contributed by atoms with E-state index in [1.165, 1.54) is 12.0 Å². The molecule has 14 heavy (non-hydrogen) atoms. The van der Waals surface area contributed by atoms with E-state index < -0.39 is 6.16 Å². The van der Waals surface area contributed by atoms with Gasteiger partial charge >= 0.3 is 6.16 Å². The van der Waals surface area contributed by atoms with Crippen molar-refractivity contribution in [2.75, 3.05) is 19.5 Å². The Bertz CT molecular complexity index is 274. The quantitative estimate of drug-likeness (QED) is 0.436. The zero-order valence-electron chi connectivity index (χ0n) is 7.93. The summed E-state index contributed by atoms with van der Waals surface area (Å²) in [5.74, 6) is 0.735. The number of rotatable bonds is 4. The van der Waals surface area contributed by atoms with Gasteiger partial charge in [-0.2, -0.15) is 0 Å². The van der Waals surface area contributed by atoms with E-state index in [1.807, 2.05) is 30.3 Å². The number of benzene rings is 1. The maximum Gasteiger partial charge on any atom is 0.508 e. The molecular formula is C10H12O3S. The summed E-state index contributed by atoms with van der Waals surface area (Å²) in [6.45, 7) is 0.367. The zero-order valence-corrected chi connectivity index (χ0v) is 8.75. The molecule has 0 amide bonds. The van der Waals surface area contributed by atoms with Crippen LogP contribution in [-0.2, 0) is 9.47 Å². The largest absolute Gasteiger partial charge is 0.508 e. The normalized spacial score (nSPS) is 9.50. The average molecular weight is 212 g/mol. The highest BCUT2D eigenvalue weighted by atomic mass is 32.2. The van der Waals surface area contributed by atoms with E-state index in [0.29, 0.717) is 6.61 Å². The minimum atomic E-state index is -0.626. The van der Waals surface area contributed by atoms with E-state index in [2.05, 4.69) is 4.74 Å². The summed E-state index contributed by atoms with van der Waals surface area (Å²) < 4.78 is 9.06. The van der Waals surface area contributed by atoms with Crippen LogP contribution in [0, 0.1) is 0 Å². The third-order valence-corrected chi connectivity index (χ3v) is 2.46. The second-order valence-electron chi connectivity index (χ2n) is 2.46. The van der Waals surface area contributed by atoms with Gasteiger partial charge in [-0.25, -0.2) is 4.79 Å². The molecule has 0 aliphatic rings. The van der Waals surface area contributed by atoms with Crippen LogP contribution in [0.5, 0.6) is 0 Å². The van der Waals surface area contributed by atoms with Crippen molar-refractivity contribution in [3.63, 3.8) is 0 Å². The van der Waals surface area contributed by atoms with E-state index in [4.69, 9.17) is 4.74 Å². The molecule has 0 bridgehead atoms. The number of hydrogen-bond donors (Lipinski definition) is 0. The fourth-order valence-electron chi connectivity index (χ4n) is 0.860. The number of hydrogen-bond acceptors (Lipinski definition) is 4. The lowest BCUT2D eigenvalue weighted by molar-refractivity contribution is 0.0779. The predicted octanol–water partition coefficient (Wildman–Crippen LogP) is 2.56. The first-order chi connectivity index (χ1) is 6.83. The highest BCUT2D eigenvalue weighted by Crippen LogP contribution is 2.16. The van der Waals surface area contributed by atoms with Gasteiger partial charge in [-0.15, -0.1) is 11.8 Å². The monoisotopic (exact) mass is 212 g/mol. The fraction of sp³-hybridized carbons (Fsp3) is 0.300. The molecule has 0 aliphatic heterocycles. The Balaban J connectivity index is 2.13. The van der Waals surface area contributed by atoms with Crippen molar-refractivity contribution in [3.05, 3.63) is 30.3 Å². The lowest BCUT2D eigenvalue weighted by Crippen LogP contribution is -2.06. The average Bonchev–Trinajstić information content (AvgIpc) is 2.25. The molecule has 0 atom stereocenters. The number of methoxy groups -OCH3 is 1. The molecule has 0 N–H and O–H groups in total. The van der Waals surface area contributed by atoms with Crippen LogP contribution in [0.25, 0.3) is 0 Å². The molecule has 0 fully saturated rings. The highest BCUT2D eigenvalue weighted by Gasteiger charge is 1.99. The zero-order chi connectivity index (χ0) is 10.2. The molecule has 1 aromatic rings. The molecule has 76 valence electrons. The molecule has 1 rings (SSSR count). The predicted molar refractivity (Wildman–Crippen MR) is 55.5 cm³/mol. The number of thioether (sulfide) groups is 1. The highest BCUT2D eigenvalue weighted by molar-refractivity contribution is 7.99. The van der Waals surface area contributed by atoms with Crippen molar-refractivity contribution >= 4 is 17.9 Å². The molecule has 0 unspecified atom stereocenters. The second kappa shape index (κ2) is 6.32. The van der Waals surface area contributed by atoms with Crippen LogP contribution in [0.4, 0.5) is 4.79 Å². The van der Waals surface area contributed by atoms with Crippen LogP contribution < -0.4 is 0 Å². The Morgan fingerprint density at radius 2 is 2.07 bits per heavy atom. The lowest BCUT2D eigenvalue weighted by Gasteiger charge is -2.02. The van der Waals surface area contributed by atoms with Gasteiger partial charge in [0.2, 0.25) is 0 Å². The fourth-order valence-corrected chi connectivity index (χ4v) is 1.61. The Labute approximate surface area is 87.4 Å². The Morgan fingerprint density at radius 3 is 2.71 bits per heavy atom. The van der Waals surface area contributed by atoms with Gasteiger partial charge in [-0.1, -0.05) is 18.2 Å². The molecule has 0 saturated heterocycles. The first kappa shape index (κ1) is 10.9. The van der Waals surface area contributed by atoms with Gasteiger partial charge in [0, 0.05) is 10.6 Å². The van der Waals surface area contributed by atoms with Crippen LogP contribution in [0.15, 0.2) is 35.2 Å². The van der Waals surface area contributed by atoms with Crippen LogP contribution in [0.2, 0.25) is 0 Å². The summed E-state index contributed by atoms with van der Waals surface area (Å²) in [6.07, 6.45) is -0.626. The molecule has 0 radical (unpaired) electrons. The van der Waals surface area contributed by atoms with E-state index >= 15 is 0 Å². The second-order valence-corrected chi connectivity index (χ2v) is 3.63. The lowest BCUT2D eigenvalue weighted by atomic mass is 10.4. The first-order valence-corrected chi connectivity index (χ1v) is 5.20. The summed E-state index contributed by atoms with van der Waals surface area (Å²) >= 11 is 1.64. The maximum atomic E-state index is 10.6. The van der Waals surface area contributed by atoms with Crippen molar-refractivity contribution in [1.29, 1.82) is 0 Å². The molecule has 0 spiro atoms. The number of ether oxygens (including phenoxy) is 2. The number of carbonyl (C=O) groups excluding carboxylic acids is 1. The Morgan fingerprint density at radius 1 is 1.36 bits per heavy atom. The van der Waals surface area contributed by atoms with E-state index in [9.17, 15) is 4.79 Å². The summed E-state index contributed by atoms with van der Waals surface area (Å²) in [5, 5.41) is 0. The van der Waals surface area contributed by atoms with Gasteiger partial charge in [0.25, 0.3) is 0 Å². The smallest absolute Gasteiger partial charge is 0.438 e. The van der Waals surface area contributed by atoms with Crippen LogP contribution in [0.1, 0.15) is 0 Å². The van der Waals surface area contributed by atoms with Crippen molar-refractivity contribution in [1.82, 2.24) is 0 Å². The molecule has 1 aromatic carbocycles. The molecule has 0 heterocycles. The Hall–Kier alpha value is -1.16. The van der Waals surface area contributed by atoms with Crippen molar-refractivity contribution < 1.29 is 14.3 Å². The minimum absolute atomic E-state index is 0.367. The van der Waals surface area contributed by atoms with Gasteiger partial charge < -0.3 is 9.47 Å². The summed E-state index contributed by atoms with van der Waals surface area (Å²) in [7, 11) is 1.30. The number of carbonyl (C=O) groups is 1.